The summed E-state index contributed by atoms with van der Waals surface area (Å²) in [4.78, 5) is 11.4. The van der Waals surface area contributed by atoms with E-state index in [-0.39, 0.29) is 11.0 Å². The van der Waals surface area contributed by atoms with E-state index in [0.717, 1.165) is 12.8 Å². The van der Waals surface area contributed by atoms with Crippen LogP contribution in [0.4, 0.5) is 5.69 Å². The first-order valence-corrected chi connectivity index (χ1v) is 7.67. The maximum Gasteiger partial charge on any atom is 0.235 e. The Kier molecular flexibility index (Phi) is 3.71. The summed E-state index contributed by atoms with van der Waals surface area (Å²) in [6, 6.07) is 6.71. The van der Waals surface area contributed by atoms with Crippen molar-refractivity contribution in [3.8, 4) is 0 Å². The van der Waals surface area contributed by atoms with Gasteiger partial charge in [-0.2, -0.15) is 0 Å². The maximum atomic E-state index is 12.2. The molecule has 4 nitrogen and oxygen atoms in total. The number of rotatable bonds is 4. The lowest BCUT2D eigenvalue weighted by Crippen LogP contribution is -2.26. The van der Waals surface area contributed by atoms with Crippen LogP contribution < -0.4 is 4.72 Å². The highest BCUT2D eigenvalue weighted by atomic mass is 32.2. The SMILES string of the molecule is CC(=O)c1ccccc1NS(=O)(=O)C1CCCC1. The highest BCUT2D eigenvalue weighted by Crippen LogP contribution is 2.27. The van der Waals surface area contributed by atoms with Crippen LogP contribution in [-0.4, -0.2) is 19.5 Å². The van der Waals surface area contributed by atoms with Crippen LogP contribution in [0.5, 0.6) is 0 Å². The van der Waals surface area contributed by atoms with Crippen molar-refractivity contribution in [1.82, 2.24) is 0 Å². The summed E-state index contributed by atoms with van der Waals surface area (Å²) in [5.74, 6) is -0.139. The quantitative estimate of drug-likeness (QED) is 0.853. The van der Waals surface area contributed by atoms with Crippen LogP contribution in [0.2, 0.25) is 0 Å². The first-order chi connectivity index (χ1) is 8.50. The zero-order valence-electron chi connectivity index (χ0n) is 10.3. The van der Waals surface area contributed by atoms with Gasteiger partial charge in [-0.25, -0.2) is 8.42 Å². The molecule has 0 aromatic heterocycles. The number of nitrogens with one attached hydrogen (secondary N) is 1. The second-order valence-corrected chi connectivity index (χ2v) is 6.62. The molecule has 0 atom stereocenters. The zero-order valence-corrected chi connectivity index (χ0v) is 11.2. The number of benzene rings is 1. The fourth-order valence-electron chi connectivity index (χ4n) is 2.31. The summed E-state index contributed by atoms with van der Waals surface area (Å²) in [7, 11) is -3.37. The number of anilines is 1. The first kappa shape index (κ1) is 13.1. The molecule has 0 spiro atoms. The molecule has 0 unspecified atom stereocenters. The third kappa shape index (κ3) is 2.72. The van der Waals surface area contributed by atoms with E-state index in [1.165, 1.54) is 6.92 Å². The Hall–Kier alpha value is -1.36. The standard InChI is InChI=1S/C13H17NO3S/c1-10(15)12-8-4-5-9-13(12)14-18(16,17)11-6-2-3-7-11/h4-5,8-9,11,14H,2-3,6-7H2,1H3. The summed E-state index contributed by atoms with van der Waals surface area (Å²) in [5.41, 5.74) is 0.802. The third-order valence-corrected chi connectivity index (χ3v) is 5.15. The van der Waals surface area contributed by atoms with Crippen LogP contribution in [0.1, 0.15) is 43.0 Å². The molecule has 5 heteroatoms. The largest absolute Gasteiger partial charge is 0.294 e. The summed E-state index contributed by atoms with van der Waals surface area (Å²) in [6.45, 7) is 1.43. The van der Waals surface area contributed by atoms with Crippen molar-refractivity contribution in [3.63, 3.8) is 0 Å². The molecule has 0 saturated heterocycles. The Morgan fingerprint density at radius 2 is 1.83 bits per heavy atom. The smallest absolute Gasteiger partial charge is 0.235 e. The molecule has 98 valence electrons. The molecule has 0 bridgehead atoms. The van der Waals surface area contributed by atoms with Crippen molar-refractivity contribution in [2.45, 2.75) is 37.9 Å². The number of hydrogen-bond acceptors (Lipinski definition) is 3. The summed E-state index contributed by atoms with van der Waals surface area (Å²) in [6.07, 6.45) is 3.33. The fourth-order valence-corrected chi connectivity index (χ4v) is 3.92. The average Bonchev–Trinajstić information content (AvgIpc) is 2.83. The van der Waals surface area contributed by atoms with Gasteiger partial charge >= 0.3 is 0 Å². The predicted octanol–water partition coefficient (Wildman–Crippen LogP) is 2.57. The first-order valence-electron chi connectivity index (χ1n) is 6.12. The van der Waals surface area contributed by atoms with Gasteiger partial charge in [-0.15, -0.1) is 0 Å². The monoisotopic (exact) mass is 267 g/mol. The number of ketones is 1. The number of sulfonamides is 1. The number of carbonyl (C=O) groups is 1. The average molecular weight is 267 g/mol. The summed E-state index contributed by atoms with van der Waals surface area (Å²) in [5, 5.41) is -0.322. The highest BCUT2D eigenvalue weighted by molar-refractivity contribution is 7.93. The van der Waals surface area contributed by atoms with Crippen LogP contribution >= 0.6 is 0 Å². The molecule has 1 fully saturated rings. The third-order valence-electron chi connectivity index (χ3n) is 3.30. The van der Waals surface area contributed by atoms with Gasteiger partial charge in [0.15, 0.2) is 5.78 Å². The molecule has 18 heavy (non-hydrogen) atoms. The van der Waals surface area contributed by atoms with E-state index in [1.807, 2.05) is 0 Å². The lowest BCUT2D eigenvalue weighted by molar-refractivity contribution is 0.101. The van der Waals surface area contributed by atoms with Crippen molar-refractivity contribution in [2.24, 2.45) is 0 Å². The van der Waals surface area contributed by atoms with Crippen molar-refractivity contribution in [2.75, 3.05) is 4.72 Å². The Morgan fingerprint density at radius 3 is 2.44 bits per heavy atom. The van der Waals surface area contributed by atoms with Gasteiger partial charge in [0, 0.05) is 5.56 Å². The molecule has 1 aliphatic carbocycles. The fraction of sp³-hybridized carbons (Fsp3) is 0.462. The second kappa shape index (κ2) is 5.10. The predicted molar refractivity (Wildman–Crippen MR) is 71.2 cm³/mol. The van der Waals surface area contributed by atoms with Gasteiger partial charge in [-0.1, -0.05) is 25.0 Å². The van der Waals surface area contributed by atoms with Crippen LogP contribution in [0.25, 0.3) is 0 Å². The topological polar surface area (TPSA) is 63.2 Å². The normalized spacial score (nSPS) is 16.7. The molecule has 0 amide bonds. The van der Waals surface area contributed by atoms with E-state index in [4.69, 9.17) is 0 Å². The molecule has 1 saturated carbocycles. The minimum absolute atomic E-state index is 0.139. The zero-order chi connectivity index (χ0) is 13.2. The van der Waals surface area contributed by atoms with Gasteiger partial charge in [-0.3, -0.25) is 9.52 Å². The Morgan fingerprint density at radius 1 is 1.22 bits per heavy atom. The molecule has 1 aromatic carbocycles. The van der Waals surface area contributed by atoms with Crippen LogP contribution in [0.3, 0.4) is 0 Å². The lowest BCUT2D eigenvalue weighted by atomic mass is 10.1. The van der Waals surface area contributed by atoms with Gasteiger partial charge in [0.2, 0.25) is 10.0 Å². The lowest BCUT2D eigenvalue weighted by Gasteiger charge is -2.15. The van der Waals surface area contributed by atoms with Gasteiger partial charge in [-0.05, 0) is 31.9 Å². The van der Waals surface area contributed by atoms with Crippen molar-refractivity contribution < 1.29 is 13.2 Å². The Bertz CT molecular complexity index is 545. The van der Waals surface area contributed by atoms with Gasteiger partial charge < -0.3 is 0 Å². The number of hydrogen-bond donors (Lipinski definition) is 1. The van der Waals surface area contributed by atoms with E-state index >= 15 is 0 Å². The van der Waals surface area contributed by atoms with Crippen LogP contribution in [0, 0.1) is 0 Å². The molecule has 1 aliphatic rings. The molecular weight excluding hydrogens is 250 g/mol. The molecule has 1 N–H and O–H groups in total. The number of carbonyl (C=O) groups excluding carboxylic acids is 1. The minimum atomic E-state index is -3.37. The molecule has 0 aliphatic heterocycles. The number of Topliss-reactive ketones (excluding diaryl/α,β-unsaturated/α-hetero) is 1. The van der Waals surface area contributed by atoms with E-state index in [0.29, 0.717) is 24.1 Å². The minimum Gasteiger partial charge on any atom is -0.294 e. The van der Waals surface area contributed by atoms with E-state index in [2.05, 4.69) is 4.72 Å². The summed E-state index contributed by atoms with van der Waals surface area (Å²) >= 11 is 0. The molecule has 2 rings (SSSR count). The Labute approximate surface area is 107 Å². The van der Waals surface area contributed by atoms with Crippen LogP contribution in [0.15, 0.2) is 24.3 Å². The number of para-hydroxylation sites is 1. The molecule has 0 radical (unpaired) electrons. The molecular formula is C13H17NO3S. The second-order valence-electron chi connectivity index (χ2n) is 4.66. The van der Waals surface area contributed by atoms with E-state index < -0.39 is 10.0 Å². The van der Waals surface area contributed by atoms with Crippen molar-refractivity contribution in [1.29, 1.82) is 0 Å². The van der Waals surface area contributed by atoms with E-state index in [9.17, 15) is 13.2 Å². The molecule has 0 heterocycles. The Balaban J connectivity index is 2.26. The van der Waals surface area contributed by atoms with Crippen molar-refractivity contribution >= 4 is 21.5 Å². The molecule has 1 aromatic rings. The van der Waals surface area contributed by atoms with Gasteiger partial charge in [0.25, 0.3) is 0 Å². The van der Waals surface area contributed by atoms with Gasteiger partial charge in [0.05, 0.1) is 10.9 Å². The maximum absolute atomic E-state index is 12.2. The van der Waals surface area contributed by atoms with Crippen LogP contribution in [-0.2, 0) is 10.0 Å². The van der Waals surface area contributed by atoms with E-state index in [1.54, 1.807) is 24.3 Å². The van der Waals surface area contributed by atoms with Crippen molar-refractivity contribution in [3.05, 3.63) is 29.8 Å². The highest BCUT2D eigenvalue weighted by Gasteiger charge is 2.29. The van der Waals surface area contributed by atoms with Gasteiger partial charge in [0.1, 0.15) is 0 Å². The summed E-state index contributed by atoms with van der Waals surface area (Å²) < 4.78 is 26.9.